The molecule has 0 aliphatic carbocycles. The van der Waals surface area contributed by atoms with E-state index in [0.29, 0.717) is 0 Å². The molecule has 90 valence electrons. The molecule has 0 saturated heterocycles. The van der Waals surface area contributed by atoms with E-state index in [2.05, 4.69) is 25.9 Å². The monoisotopic (exact) mass is 306 g/mol. The van der Waals surface area contributed by atoms with Gasteiger partial charge in [0.15, 0.2) is 0 Å². The average molecular weight is 307 g/mol. The maximum Gasteiger partial charge on any atom is 0.418 e. The summed E-state index contributed by atoms with van der Waals surface area (Å²) in [4.78, 5) is 17.8. The van der Waals surface area contributed by atoms with Crippen LogP contribution in [-0.4, -0.2) is 9.97 Å². The second-order valence-electron chi connectivity index (χ2n) is 3.35. The van der Waals surface area contributed by atoms with E-state index in [-0.39, 0.29) is 22.1 Å². The summed E-state index contributed by atoms with van der Waals surface area (Å²) in [6.07, 6.45) is -4.52. The van der Waals surface area contributed by atoms with Gasteiger partial charge in [-0.15, -0.1) is 0 Å². The molecule has 3 nitrogen and oxygen atoms in total. The lowest BCUT2D eigenvalue weighted by Crippen LogP contribution is -2.15. The molecule has 0 aliphatic rings. The fourth-order valence-electron chi connectivity index (χ4n) is 1.50. The SMILES string of the molecule is O=c1[nH]c(CBr)nc2c(C(F)(F)F)cccc12. The maximum absolute atomic E-state index is 12.7. The number of aromatic amines is 1. The van der Waals surface area contributed by atoms with E-state index >= 15 is 0 Å². The van der Waals surface area contributed by atoms with Crippen molar-refractivity contribution in [1.29, 1.82) is 0 Å². The number of benzene rings is 1. The van der Waals surface area contributed by atoms with Crippen LogP contribution in [-0.2, 0) is 11.5 Å². The zero-order valence-corrected chi connectivity index (χ0v) is 9.89. The summed E-state index contributed by atoms with van der Waals surface area (Å²) in [7, 11) is 0. The minimum absolute atomic E-state index is 0.0653. The lowest BCUT2D eigenvalue weighted by atomic mass is 10.1. The first-order valence-electron chi connectivity index (χ1n) is 4.58. The molecule has 2 aromatic rings. The van der Waals surface area contributed by atoms with Crippen LogP contribution in [0.3, 0.4) is 0 Å². The molecule has 0 spiro atoms. The first kappa shape index (κ1) is 12.1. The summed E-state index contributed by atoms with van der Waals surface area (Å²) >= 11 is 3.04. The predicted molar refractivity (Wildman–Crippen MR) is 60.0 cm³/mol. The lowest BCUT2D eigenvalue weighted by Gasteiger charge is -2.09. The van der Waals surface area contributed by atoms with Crippen LogP contribution in [0.4, 0.5) is 13.2 Å². The number of H-pyrrole nitrogens is 1. The van der Waals surface area contributed by atoms with Crippen LogP contribution in [0.25, 0.3) is 10.9 Å². The Morgan fingerprint density at radius 2 is 2.06 bits per heavy atom. The van der Waals surface area contributed by atoms with E-state index in [1.165, 1.54) is 12.1 Å². The average Bonchev–Trinajstić information content (AvgIpc) is 2.26. The smallest absolute Gasteiger partial charge is 0.309 e. The number of halogens is 4. The molecule has 0 unspecified atom stereocenters. The Balaban J connectivity index is 2.88. The van der Waals surface area contributed by atoms with E-state index in [1.54, 1.807) is 0 Å². The van der Waals surface area contributed by atoms with Crippen molar-refractivity contribution in [3.8, 4) is 0 Å². The molecule has 0 amide bonds. The summed E-state index contributed by atoms with van der Waals surface area (Å²) in [6, 6.07) is 3.41. The molecule has 17 heavy (non-hydrogen) atoms. The van der Waals surface area contributed by atoms with Gasteiger partial charge in [0, 0.05) is 0 Å². The molecule has 0 aliphatic heterocycles. The van der Waals surface area contributed by atoms with Crippen LogP contribution in [0.5, 0.6) is 0 Å². The van der Waals surface area contributed by atoms with Crippen LogP contribution in [0.2, 0.25) is 0 Å². The van der Waals surface area contributed by atoms with Gasteiger partial charge in [-0.3, -0.25) is 4.79 Å². The number of aromatic nitrogens is 2. The third-order valence-electron chi connectivity index (χ3n) is 2.22. The number of nitrogens with zero attached hydrogens (tertiary/aromatic N) is 1. The van der Waals surface area contributed by atoms with Crippen molar-refractivity contribution in [3.63, 3.8) is 0 Å². The Kier molecular flexibility index (Phi) is 2.94. The highest BCUT2D eigenvalue weighted by Crippen LogP contribution is 2.32. The second kappa shape index (κ2) is 4.14. The third-order valence-corrected chi connectivity index (χ3v) is 2.75. The molecular weight excluding hydrogens is 301 g/mol. The van der Waals surface area contributed by atoms with Gasteiger partial charge in [-0.05, 0) is 12.1 Å². The van der Waals surface area contributed by atoms with Gasteiger partial charge < -0.3 is 4.98 Å². The van der Waals surface area contributed by atoms with E-state index in [9.17, 15) is 18.0 Å². The molecule has 1 aromatic heterocycles. The summed E-state index contributed by atoms with van der Waals surface area (Å²) in [5, 5.41) is 0.120. The van der Waals surface area contributed by atoms with Gasteiger partial charge in [0.05, 0.1) is 21.8 Å². The maximum atomic E-state index is 12.7. The van der Waals surface area contributed by atoms with Gasteiger partial charge in [-0.1, -0.05) is 22.0 Å². The summed E-state index contributed by atoms with van der Waals surface area (Å²) in [5.74, 6) is 0.166. The molecule has 1 aromatic carbocycles. The number of para-hydroxylation sites is 1. The molecule has 2 rings (SSSR count). The Hall–Kier alpha value is -1.37. The van der Waals surface area contributed by atoms with Crippen molar-refractivity contribution in [2.24, 2.45) is 0 Å². The van der Waals surface area contributed by atoms with Crippen molar-refractivity contribution in [3.05, 3.63) is 39.9 Å². The van der Waals surface area contributed by atoms with Gasteiger partial charge in [0.25, 0.3) is 5.56 Å². The minimum Gasteiger partial charge on any atom is -0.309 e. The highest BCUT2D eigenvalue weighted by atomic mass is 79.9. The van der Waals surface area contributed by atoms with E-state index in [0.717, 1.165) is 6.07 Å². The van der Waals surface area contributed by atoms with Crippen molar-refractivity contribution >= 4 is 26.8 Å². The van der Waals surface area contributed by atoms with Crippen LogP contribution >= 0.6 is 15.9 Å². The van der Waals surface area contributed by atoms with Crippen LogP contribution in [0.15, 0.2) is 23.0 Å². The normalized spacial score (nSPS) is 12.0. The Morgan fingerprint density at radius 1 is 1.35 bits per heavy atom. The standard InChI is InChI=1S/C10H6BrF3N2O/c11-4-7-15-8-5(9(17)16-7)2-1-3-6(8)10(12,13)14/h1-3H,4H2,(H,15,16,17). The Morgan fingerprint density at radius 3 is 2.65 bits per heavy atom. The molecule has 1 heterocycles. The topological polar surface area (TPSA) is 45.8 Å². The predicted octanol–water partition coefficient (Wildman–Crippen LogP) is 2.84. The minimum atomic E-state index is -4.52. The van der Waals surface area contributed by atoms with Crippen molar-refractivity contribution in [1.82, 2.24) is 9.97 Å². The molecule has 7 heteroatoms. The zero-order valence-electron chi connectivity index (χ0n) is 8.31. The number of hydrogen-bond donors (Lipinski definition) is 1. The highest BCUT2D eigenvalue weighted by molar-refractivity contribution is 9.08. The van der Waals surface area contributed by atoms with Crippen molar-refractivity contribution in [2.75, 3.05) is 0 Å². The van der Waals surface area contributed by atoms with Crippen LogP contribution in [0.1, 0.15) is 11.4 Å². The summed E-state index contributed by atoms with van der Waals surface area (Å²) < 4.78 is 38.2. The molecule has 0 radical (unpaired) electrons. The van der Waals surface area contributed by atoms with Gasteiger partial charge in [0.1, 0.15) is 5.82 Å². The molecule has 0 saturated carbocycles. The van der Waals surface area contributed by atoms with Gasteiger partial charge in [-0.2, -0.15) is 13.2 Å². The molecule has 0 fully saturated rings. The largest absolute Gasteiger partial charge is 0.418 e. The molecule has 0 atom stereocenters. The van der Waals surface area contributed by atoms with Crippen LogP contribution in [0, 0.1) is 0 Å². The van der Waals surface area contributed by atoms with E-state index in [4.69, 9.17) is 0 Å². The fraction of sp³-hybridized carbons (Fsp3) is 0.200. The molecular formula is C10H6BrF3N2O. The second-order valence-corrected chi connectivity index (χ2v) is 3.91. The number of rotatable bonds is 1. The summed E-state index contributed by atoms with van der Waals surface area (Å²) in [6.45, 7) is 0. The number of nitrogens with one attached hydrogen (secondary N) is 1. The first-order chi connectivity index (χ1) is 7.93. The van der Waals surface area contributed by atoms with Gasteiger partial charge in [0.2, 0.25) is 0 Å². The number of fused-ring (bicyclic) bond motifs is 1. The lowest BCUT2D eigenvalue weighted by molar-refractivity contribution is -0.136. The number of hydrogen-bond acceptors (Lipinski definition) is 2. The van der Waals surface area contributed by atoms with Gasteiger partial charge in [-0.25, -0.2) is 4.98 Å². The fourth-order valence-corrected chi connectivity index (χ4v) is 1.77. The summed E-state index contributed by atoms with van der Waals surface area (Å²) in [5.41, 5.74) is -1.79. The third kappa shape index (κ3) is 2.19. The Bertz CT molecular complexity index is 621. The first-order valence-corrected chi connectivity index (χ1v) is 5.70. The zero-order chi connectivity index (χ0) is 12.6. The van der Waals surface area contributed by atoms with E-state index in [1.807, 2.05) is 0 Å². The Labute approximate surface area is 102 Å². The molecule has 1 N–H and O–H groups in total. The highest BCUT2D eigenvalue weighted by Gasteiger charge is 2.33. The van der Waals surface area contributed by atoms with Gasteiger partial charge >= 0.3 is 6.18 Å². The number of alkyl halides is 4. The van der Waals surface area contributed by atoms with Crippen LogP contribution < -0.4 is 5.56 Å². The van der Waals surface area contributed by atoms with E-state index < -0.39 is 17.3 Å². The molecule has 0 bridgehead atoms. The van der Waals surface area contributed by atoms with Crippen molar-refractivity contribution < 1.29 is 13.2 Å². The van der Waals surface area contributed by atoms with Crippen molar-refractivity contribution in [2.45, 2.75) is 11.5 Å². The quantitative estimate of drug-likeness (QED) is 0.824.